The Morgan fingerprint density at radius 1 is 1.22 bits per heavy atom. The Morgan fingerprint density at radius 3 is 2.70 bits per heavy atom. The van der Waals surface area contributed by atoms with Crippen molar-refractivity contribution in [3.05, 3.63) is 77.3 Å². The first-order valence-corrected chi connectivity index (χ1v) is 13.4. The number of hydrogen-bond acceptors (Lipinski definition) is 5. The lowest BCUT2D eigenvalue weighted by Gasteiger charge is -2.34. The molecule has 0 spiro atoms. The Labute approximate surface area is 217 Å². The summed E-state index contributed by atoms with van der Waals surface area (Å²) >= 11 is 0. The zero-order valence-corrected chi connectivity index (χ0v) is 21.1. The highest BCUT2D eigenvalue weighted by Gasteiger charge is 2.54. The van der Waals surface area contributed by atoms with Crippen LogP contribution in [0, 0.1) is 5.41 Å². The normalized spacial score (nSPS) is 24.8. The maximum Gasteiger partial charge on any atom is 0.249 e. The van der Waals surface area contributed by atoms with Crippen molar-refractivity contribution < 1.29 is 9.59 Å². The van der Waals surface area contributed by atoms with E-state index in [1.807, 2.05) is 36.6 Å². The van der Waals surface area contributed by atoms with Crippen LogP contribution < -0.4 is 11.1 Å². The second-order valence-electron chi connectivity index (χ2n) is 11.0. The van der Waals surface area contributed by atoms with E-state index < -0.39 is 10.8 Å². The number of allylic oxidation sites excluding steroid dienone is 3. The van der Waals surface area contributed by atoms with Crippen molar-refractivity contribution >= 4 is 17.6 Å². The summed E-state index contributed by atoms with van der Waals surface area (Å²) in [6, 6.07) is 6.00. The van der Waals surface area contributed by atoms with Gasteiger partial charge in [0.2, 0.25) is 11.8 Å². The van der Waals surface area contributed by atoms with Crippen molar-refractivity contribution in [1.82, 2.24) is 20.1 Å². The van der Waals surface area contributed by atoms with Crippen LogP contribution in [0.1, 0.15) is 67.8 Å². The molecule has 6 rings (SSSR count). The minimum absolute atomic E-state index is 0.185. The molecule has 2 saturated carbocycles. The van der Waals surface area contributed by atoms with Crippen molar-refractivity contribution in [1.29, 1.82) is 0 Å². The molecule has 37 heavy (non-hydrogen) atoms. The van der Waals surface area contributed by atoms with E-state index in [0.29, 0.717) is 18.2 Å². The molecule has 4 aliphatic rings. The van der Waals surface area contributed by atoms with Crippen molar-refractivity contribution in [2.45, 2.75) is 56.3 Å². The van der Waals surface area contributed by atoms with Crippen LogP contribution in [-0.4, -0.2) is 51.5 Å². The van der Waals surface area contributed by atoms with Gasteiger partial charge in [0.25, 0.3) is 0 Å². The maximum absolute atomic E-state index is 12.4. The molecule has 1 atom stereocenters. The van der Waals surface area contributed by atoms with E-state index in [2.05, 4.69) is 32.4 Å². The third kappa shape index (κ3) is 4.66. The molecule has 1 saturated heterocycles. The van der Waals surface area contributed by atoms with Gasteiger partial charge in [0.05, 0.1) is 16.5 Å². The van der Waals surface area contributed by atoms with Gasteiger partial charge in [-0.15, -0.1) is 0 Å². The van der Waals surface area contributed by atoms with Crippen molar-refractivity contribution in [2.75, 3.05) is 25.0 Å². The van der Waals surface area contributed by atoms with E-state index in [1.54, 1.807) is 6.08 Å². The highest BCUT2D eigenvalue weighted by Crippen LogP contribution is 2.57. The summed E-state index contributed by atoms with van der Waals surface area (Å²) in [5, 5.41) is 10.9. The zero-order chi connectivity index (χ0) is 25.5. The third-order valence-electron chi connectivity index (χ3n) is 8.42. The molecular weight excluding hydrogens is 464 g/mol. The van der Waals surface area contributed by atoms with Crippen LogP contribution in [-0.2, 0) is 15.0 Å². The molecule has 1 unspecified atom stereocenters. The van der Waals surface area contributed by atoms with Crippen molar-refractivity contribution in [2.24, 2.45) is 11.1 Å². The molecule has 0 aromatic carbocycles. The molecule has 0 radical (unpaired) electrons. The predicted molar refractivity (Wildman–Crippen MR) is 142 cm³/mol. The molecule has 8 heteroatoms. The minimum Gasteiger partial charge on any atom is -0.369 e. The number of likely N-dealkylation sites (tertiary alicyclic amines) is 1. The van der Waals surface area contributed by atoms with E-state index in [9.17, 15) is 9.59 Å². The number of nitrogens with one attached hydrogen (secondary N) is 2. The number of anilines is 1. The summed E-state index contributed by atoms with van der Waals surface area (Å²) in [6.45, 7) is 2.99. The molecule has 3 aliphatic carbocycles. The number of carbonyl (C=O) groups is 2. The Morgan fingerprint density at radius 2 is 2.03 bits per heavy atom. The maximum atomic E-state index is 12.4. The predicted octanol–water partition coefficient (Wildman–Crippen LogP) is 3.71. The lowest BCUT2D eigenvalue weighted by Crippen LogP contribution is -2.34. The van der Waals surface area contributed by atoms with E-state index in [4.69, 9.17) is 10.8 Å². The van der Waals surface area contributed by atoms with Gasteiger partial charge in [0.15, 0.2) is 0 Å². The van der Waals surface area contributed by atoms with E-state index >= 15 is 0 Å². The van der Waals surface area contributed by atoms with Crippen molar-refractivity contribution in [3.63, 3.8) is 0 Å². The van der Waals surface area contributed by atoms with Crippen LogP contribution in [0.25, 0.3) is 0 Å². The highest BCUT2D eigenvalue weighted by molar-refractivity contribution is 5.98. The molecule has 0 bridgehead atoms. The van der Waals surface area contributed by atoms with Crippen LogP contribution in [0.2, 0.25) is 0 Å². The molecule has 8 nitrogen and oxygen atoms in total. The van der Waals surface area contributed by atoms with Crippen LogP contribution in [0.15, 0.2) is 60.3 Å². The number of aromatic nitrogens is 3. The number of rotatable bonds is 9. The van der Waals surface area contributed by atoms with Crippen LogP contribution in [0.3, 0.4) is 0 Å². The van der Waals surface area contributed by atoms with Gasteiger partial charge < -0.3 is 11.1 Å². The van der Waals surface area contributed by atoms with Gasteiger partial charge in [0, 0.05) is 30.4 Å². The van der Waals surface area contributed by atoms with Gasteiger partial charge in [-0.25, -0.2) is 4.98 Å². The summed E-state index contributed by atoms with van der Waals surface area (Å²) in [5.41, 5.74) is 8.81. The fraction of sp³-hybridized carbons (Fsp3) is 0.448. The van der Waals surface area contributed by atoms with Gasteiger partial charge in [-0.3, -0.25) is 19.6 Å². The second kappa shape index (κ2) is 9.41. The number of amides is 2. The number of pyridine rings is 1. The average Bonchev–Trinajstić information content (AvgIpc) is 3.81. The van der Waals surface area contributed by atoms with Crippen LogP contribution in [0.5, 0.6) is 0 Å². The molecule has 3 fully saturated rings. The summed E-state index contributed by atoms with van der Waals surface area (Å²) in [6.07, 6.45) is 18.5. The SMILES string of the molecule is NC(=O)C1(C2=CC=CC(c3ccc(NC(=O)/C=C/CN4CCCC4)nc3)(c3cc(C4CC4)[nH]n3)C2)CC1. The molecule has 2 aromatic rings. The van der Waals surface area contributed by atoms with Gasteiger partial charge in [0.1, 0.15) is 5.82 Å². The monoisotopic (exact) mass is 498 g/mol. The number of carbonyl (C=O) groups excluding carboxylic acids is 2. The molecule has 4 N–H and O–H groups in total. The first-order valence-electron chi connectivity index (χ1n) is 13.4. The molecule has 1 aliphatic heterocycles. The summed E-state index contributed by atoms with van der Waals surface area (Å²) < 4.78 is 0. The molecule has 3 heterocycles. The Hall–Kier alpha value is -3.52. The summed E-state index contributed by atoms with van der Waals surface area (Å²) in [4.78, 5) is 31.7. The number of H-pyrrole nitrogens is 1. The Kier molecular flexibility index (Phi) is 6.07. The number of aromatic amines is 1. The van der Waals surface area contributed by atoms with E-state index in [0.717, 1.165) is 55.0 Å². The average molecular weight is 499 g/mol. The molecule has 2 aromatic heterocycles. The second-order valence-corrected chi connectivity index (χ2v) is 11.0. The fourth-order valence-corrected chi connectivity index (χ4v) is 5.79. The van der Waals surface area contributed by atoms with Gasteiger partial charge in [-0.2, -0.15) is 5.10 Å². The Bertz CT molecular complexity index is 1280. The number of nitrogens with zero attached hydrogens (tertiary/aromatic N) is 3. The zero-order valence-electron chi connectivity index (χ0n) is 21.1. The van der Waals surface area contributed by atoms with Gasteiger partial charge in [-0.1, -0.05) is 35.9 Å². The lowest BCUT2D eigenvalue weighted by atomic mass is 9.68. The Balaban J connectivity index is 1.23. The highest BCUT2D eigenvalue weighted by atomic mass is 16.2. The lowest BCUT2D eigenvalue weighted by molar-refractivity contribution is -0.122. The topological polar surface area (TPSA) is 117 Å². The summed E-state index contributed by atoms with van der Waals surface area (Å²) in [7, 11) is 0. The van der Waals surface area contributed by atoms with E-state index in [-0.39, 0.29) is 11.8 Å². The van der Waals surface area contributed by atoms with Gasteiger partial charge in [-0.05, 0) is 75.7 Å². The standard InChI is InChI=1S/C29H34N6O2/c30-27(37)28(12-13-28)21-5-3-11-29(18-21,24-17-23(33-34-24)20-7-8-20)22-9-10-25(31-19-22)32-26(36)6-4-16-35-14-1-2-15-35/h3-6,9-11,17,19-20H,1-2,7-8,12-16,18H2,(H2,30,37)(H,33,34)(H,31,32,36)/b6-4+. The first-order chi connectivity index (χ1) is 18.0. The third-order valence-corrected chi connectivity index (χ3v) is 8.42. The first kappa shape index (κ1) is 23.9. The molecule has 192 valence electrons. The quantitative estimate of drug-likeness (QED) is 0.456. The van der Waals surface area contributed by atoms with E-state index in [1.165, 1.54) is 25.7 Å². The number of nitrogens with two attached hydrogens (primary N) is 1. The summed E-state index contributed by atoms with van der Waals surface area (Å²) in [5.74, 6) is 0.616. The number of hydrogen-bond donors (Lipinski definition) is 3. The van der Waals surface area contributed by atoms with Crippen LogP contribution >= 0.6 is 0 Å². The van der Waals surface area contributed by atoms with Gasteiger partial charge >= 0.3 is 0 Å². The molecular formula is C29H34N6O2. The number of primary amides is 1. The molecule has 2 amide bonds. The largest absolute Gasteiger partial charge is 0.369 e. The fourth-order valence-electron chi connectivity index (χ4n) is 5.79. The smallest absolute Gasteiger partial charge is 0.249 e. The minimum atomic E-state index is -0.566. The van der Waals surface area contributed by atoms with Crippen LogP contribution in [0.4, 0.5) is 5.82 Å². The van der Waals surface area contributed by atoms with Crippen molar-refractivity contribution in [3.8, 4) is 0 Å².